The Morgan fingerprint density at radius 2 is 1.91 bits per heavy atom. The van der Waals surface area contributed by atoms with Crippen LogP contribution in [0.5, 0.6) is 5.75 Å². The number of hydrogen-bond donors (Lipinski definition) is 1. The van der Waals surface area contributed by atoms with E-state index in [0.29, 0.717) is 12.1 Å². The number of nitrogens with zero attached hydrogens (tertiary/aromatic N) is 1. The number of carbonyl (C=O) groups is 2. The topological polar surface area (TPSA) is 66.8 Å². The number of ketones is 1. The van der Waals surface area contributed by atoms with E-state index in [1.54, 1.807) is 7.11 Å². The number of likely N-dealkylation sites (tertiary alicyclic amines) is 1. The van der Waals surface area contributed by atoms with Crippen molar-refractivity contribution in [3.8, 4) is 5.75 Å². The first-order valence-corrected chi connectivity index (χ1v) is 7.68. The lowest BCUT2D eigenvalue weighted by atomic mass is 9.89. The van der Waals surface area contributed by atoms with E-state index < -0.39 is 6.09 Å². The molecular weight excluding hydrogens is 294 g/mol. The fraction of sp³-hybridized carbons (Fsp3) is 0.333. The number of carbonyl (C=O) groups excluding carboxylic acids is 1. The number of hydrogen-bond acceptors (Lipinski definition) is 3. The van der Waals surface area contributed by atoms with Crippen LogP contribution in [0, 0.1) is 5.92 Å². The Morgan fingerprint density at radius 3 is 2.65 bits per heavy atom. The van der Waals surface area contributed by atoms with Gasteiger partial charge in [0.05, 0.1) is 7.11 Å². The summed E-state index contributed by atoms with van der Waals surface area (Å²) in [7, 11) is 1.62. The summed E-state index contributed by atoms with van der Waals surface area (Å²) in [4.78, 5) is 25.1. The maximum atomic E-state index is 12.7. The molecule has 0 aliphatic carbocycles. The molecule has 1 atom stereocenters. The molecule has 1 unspecified atom stereocenters. The van der Waals surface area contributed by atoms with Gasteiger partial charge >= 0.3 is 6.09 Å². The Balaban J connectivity index is 1.84. The molecule has 1 N–H and O–H groups in total. The van der Waals surface area contributed by atoms with Crippen LogP contribution in [0.25, 0.3) is 10.8 Å². The van der Waals surface area contributed by atoms with E-state index in [9.17, 15) is 9.59 Å². The Morgan fingerprint density at radius 1 is 1.17 bits per heavy atom. The molecule has 2 aromatic rings. The smallest absolute Gasteiger partial charge is 0.407 e. The molecule has 3 rings (SSSR count). The zero-order chi connectivity index (χ0) is 16.4. The van der Waals surface area contributed by atoms with Crippen molar-refractivity contribution in [1.29, 1.82) is 0 Å². The molecule has 0 bridgehead atoms. The number of Topliss-reactive ketones (excluding diaryl/α,β-unsaturated/α-hetero) is 1. The normalized spacial score (nSPS) is 18.0. The van der Waals surface area contributed by atoms with Crippen LogP contribution in [-0.2, 0) is 0 Å². The highest BCUT2D eigenvalue weighted by Gasteiger charge is 2.28. The third-order valence-electron chi connectivity index (χ3n) is 4.39. The van der Waals surface area contributed by atoms with Gasteiger partial charge in [-0.3, -0.25) is 4.79 Å². The molecular formula is C18H19NO4. The molecule has 23 heavy (non-hydrogen) atoms. The molecule has 1 aliphatic heterocycles. The molecule has 2 aromatic carbocycles. The van der Waals surface area contributed by atoms with Gasteiger partial charge in [-0.25, -0.2) is 4.79 Å². The Bertz CT molecular complexity index is 756. The van der Waals surface area contributed by atoms with Crippen molar-refractivity contribution in [3.05, 3.63) is 42.0 Å². The van der Waals surface area contributed by atoms with Gasteiger partial charge in [0.15, 0.2) is 5.78 Å². The third kappa shape index (κ3) is 3.13. The van der Waals surface area contributed by atoms with Crippen molar-refractivity contribution in [2.45, 2.75) is 12.8 Å². The monoisotopic (exact) mass is 313 g/mol. The van der Waals surface area contributed by atoms with Crippen molar-refractivity contribution >= 4 is 22.6 Å². The van der Waals surface area contributed by atoms with Crippen LogP contribution < -0.4 is 4.74 Å². The minimum atomic E-state index is -0.951. The van der Waals surface area contributed by atoms with Crippen molar-refractivity contribution in [2.24, 2.45) is 5.92 Å². The van der Waals surface area contributed by atoms with Gasteiger partial charge in [0, 0.05) is 24.6 Å². The highest BCUT2D eigenvalue weighted by molar-refractivity contribution is 6.01. The number of fused-ring (bicyclic) bond motifs is 1. The van der Waals surface area contributed by atoms with Gasteiger partial charge in [-0.1, -0.05) is 18.2 Å². The van der Waals surface area contributed by atoms with E-state index in [4.69, 9.17) is 9.84 Å². The predicted octanol–water partition coefficient (Wildman–Crippen LogP) is 3.42. The number of methoxy groups -OCH3 is 1. The number of benzene rings is 2. The molecule has 0 saturated carbocycles. The van der Waals surface area contributed by atoms with Crippen molar-refractivity contribution in [2.75, 3.05) is 20.2 Å². The molecule has 0 radical (unpaired) electrons. The predicted molar refractivity (Wildman–Crippen MR) is 87.2 cm³/mol. The van der Waals surface area contributed by atoms with Crippen LogP contribution in [0.2, 0.25) is 0 Å². The van der Waals surface area contributed by atoms with Crippen molar-refractivity contribution in [1.82, 2.24) is 4.90 Å². The number of carboxylic acid groups (broad SMARTS) is 1. The largest absolute Gasteiger partial charge is 0.497 e. The Kier molecular flexibility index (Phi) is 4.19. The van der Waals surface area contributed by atoms with Crippen LogP contribution in [-0.4, -0.2) is 42.1 Å². The van der Waals surface area contributed by atoms with Crippen LogP contribution in [0.15, 0.2) is 36.4 Å². The molecule has 0 spiro atoms. The lowest BCUT2D eigenvalue weighted by Crippen LogP contribution is -2.41. The van der Waals surface area contributed by atoms with Crippen molar-refractivity contribution < 1.29 is 19.4 Å². The summed E-state index contributed by atoms with van der Waals surface area (Å²) in [6.45, 7) is 0.797. The van der Waals surface area contributed by atoms with E-state index in [1.807, 2.05) is 36.4 Å². The molecule has 0 aromatic heterocycles. The summed E-state index contributed by atoms with van der Waals surface area (Å²) < 4.78 is 5.20. The van der Waals surface area contributed by atoms with Crippen LogP contribution in [0.1, 0.15) is 23.2 Å². The SMILES string of the molecule is COc1ccc2cc(C(=O)C3CCCN(C(=O)O)C3)ccc2c1. The first-order chi connectivity index (χ1) is 11.1. The van der Waals surface area contributed by atoms with E-state index >= 15 is 0 Å². The maximum Gasteiger partial charge on any atom is 0.407 e. The number of ether oxygens (including phenoxy) is 1. The second-order valence-electron chi connectivity index (χ2n) is 5.86. The summed E-state index contributed by atoms with van der Waals surface area (Å²) in [6, 6.07) is 11.3. The Labute approximate surface area is 134 Å². The average Bonchev–Trinajstić information content (AvgIpc) is 2.60. The molecule has 5 heteroatoms. The van der Waals surface area contributed by atoms with Gasteiger partial charge in [0.1, 0.15) is 5.75 Å². The minimum absolute atomic E-state index is 0.0219. The van der Waals surface area contributed by atoms with Gasteiger partial charge in [-0.05, 0) is 41.8 Å². The second kappa shape index (κ2) is 6.28. The standard InChI is InChI=1S/C18H19NO4/c1-23-16-7-6-12-9-14(5-4-13(12)10-16)17(20)15-3-2-8-19(11-15)18(21)22/h4-7,9-10,15H,2-3,8,11H2,1H3,(H,21,22). The van der Waals surface area contributed by atoms with Gasteiger partial charge in [0.25, 0.3) is 0 Å². The summed E-state index contributed by atoms with van der Waals surface area (Å²) in [5, 5.41) is 11.1. The van der Waals surface area contributed by atoms with E-state index in [1.165, 1.54) is 4.90 Å². The molecule has 1 saturated heterocycles. The summed E-state index contributed by atoms with van der Waals surface area (Å²) in [6.07, 6.45) is 0.518. The summed E-state index contributed by atoms with van der Waals surface area (Å²) >= 11 is 0. The number of piperidine rings is 1. The van der Waals surface area contributed by atoms with Crippen LogP contribution >= 0.6 is 0 Å². The summed E-state index contributed by atoms with van der Waals surface area (Å²) in [5.74, 6) is 0.546. The first-order valence-electron chi connectivity index (χ1n) is 7.68. The lowest BCUT2D eigenvalue weighted by Gasteiger charge is -2.29. The third-order valence-corrected chi connectivity index (χ3v) is 4.39. The highest BCUT2D eigenvalue weighted by Crippen LogP contribution is 2.25. The molecule has 1 heterocycles. The molecule has 1 amide bonds. The molecule has 5 nitrogen and oxygen atoms in total. The highest BCUT2D eigenvalue weighted by atomic mass is 16.5. The van der Waals surface area contributed by atoms with Crippen molar-refractivity contribution in [3.63, 3.8) is 0 Å². The fourth-order valence-electron chi connectivity index (χ4n) is 3.10. The van der Waals surface area contributed by atoms with Gasteiger partial charge in [-0.15, -0.1) is 0 Å². The van der Waals surface area contributed by atoms with E-state index in [-0.39, 0.29) is 18.2 Å². The second-order valence-corrected chi connectivity index (χ2v) is 5.86. The Hall–Kier alpha value is -2.56. The molecule has 1 fully saturated rings. The van der Waals surface area contributed by atoms with Crippen LogP contribution in [0.3, 0.4) is 0 Å². The van der Waals surface area contributed by atoms with Gasteiger partial charge in [0.2, 0.25) is 0 Å². The summed E-state index contributed by atoms with van der Waals surface area (Å²) in [5.41, 5.74) is 0.639. The number of amides is 1. The molecule has 120 valence electrons. The lowest BCUT2D eigenvalue weighted by molar-refractivity contribution is 0.0807. The average molecular weight is 313 g/mol. The number of rotatable bonds is 3. The zero-order valence-electron chi connectivity index (χ0n) is 13.0. The fourth-order valence-corrected chi connectivity index (χ4v) is 3.10. The van der Waals surface area contributed by atoms with Crippen LogP contribution in [0.4, 0.5) is 4.79 Å². The van der Waals surface area contributed by atoms with E-state index in [2.05, 4.69) is 0 Å². The maximum absolute atomic E-state index is 12.7. The minimum Gasteiger partial charge on any atom is -0.497 e. The molecule has 1 aliphatic rings. The van der Waals surface area contributed by atoms with Gasteiger partial charge < -0.3 is 14.7 Å². The quantitative estimate of drug-likeness (QED) is 0.882. The first kappa shape index (κ1) is 15.3. The van der Waals surface area contributed by atoms with E-state index in [0.717, 1.165) is 29.4 Å². The zero-order valence-corrected chi connectivity index (χ0v) is 13.0. The van der Waals surface area contributed by atoms with Gasteiger partial charge in [-0.2, -0.15) is 0 Å².